The van der Waals surface area contributed by atoms with Gasteiger partial charge in [0, 0.05) is 29.4 Å². The van der Waals surface area contributed by atoms with Crippen molar-refractivity contribution in [3.8, 4) is 0 Å². The number of benzene rings is 1. The van der Waals surface area contributed by atoms with Crippen molar-refractivity contribution >= 4 is 23.3 Å². The number of pyridine rings is 1. The number of halogens is 1. The van der Waals surface area contributed by atoms with Gasteiger partial charge < -0.3 is 10.0 Å². The van der Waals surface area contributed by atoms with Gasteiger partial charge >= 0.3 is 0 Å². The smallest absolute Gasteiger partial charge is 0.290 e. The van der Waals surface area contributed by atoms with E-state index >= 15 is 0 Å². The standard InChI is InChI=1S/C21H21ClN2O3/c1-21(2,3)19(26)16-17(14-6-8-15(22)9-7-14)24(20(27)18(16)25)12-13-5-4-10-23-11-13/h4-11,17,25H,12H2,1-3H3. The molecule has 6 heteroatoms. The van der Waals surface area contributed by atoms with Crippen LogP contribution in [0.15, 0.2) is 60.1 Å². The summed E-state index contributed by atoms with van der Waals surface area (Å²) in [5, 5.41) is 11.1. The van der Waals surface area contributed by atoms with Crippen LogP contribution in [0.3, 0.4) is 0 Å². The number of Topliss-reactive ketones (excluding diaryl/α,β-unsaturated/α-hetero) is 1. The van der Waals surface area contributed by atoms with Gasteiger partial charge in [0.05, 0.1) is 11.6 Å². The Balaban J connectivity index is 2.09. The molecule has 1 aliphatic rings. The number of aromatic nitrogens is 1. The number of rotatable bonds is 4. The van der Waals surface area contributed by atoms with E-state index in [0.29, 0.717) is 10.6 Å². The largest absolute Gasteiger partial charge is 0.503 e. The van der Waals surface area contributed by atoms with Crippen LogP contribution in [0, 0.1) is 5.41 Å². The van der Waals surface area contributed by atoms with Crippen molar-refractivity contribution in [1.29, 1.82) is 0 Å². The number of aliphatic hydroxyl groups is 1. The third-order valence-corrected chi connectivity index (χ3v) is 4.74. The van der Waals surface area contributed by atoms with E-state index in [1.807, 2.05) is 6.07 Å². The van der Waals surface area contributed by atoms with Crippen molar-refractivity contribution in [2.75, 3.05) is 0 Å². The summed E-state index contributed by atoms with van der Waals surface area (Å²) in [7, 11) is 0. The number of amides is 1. The lowest BCUT2D eigenvalue weighted by Crippen LogP contribution is -2.32. The van der Waals surface area contributed by atoms with Crippen LogP contribution in [-0.4, -0.2) is 26.7 Å². The second-order valence-corrected chi connectivity index (χ2v) is 8.03. The summed E-state index contributed by atoms with van der Waals surface area (Å²) in [6, 6.07) is 9.90. The molecule has 1 N–H and O–H groups in total. The molecule has 1 aromatic carbocycles. The summed E-state index contributed by atoms with van der Waals surface area (Å²) in [6.45, 7) is 5.53. The van der Waals surface area contributed by atoms with E-state index in [-0.39, 0.29) is 17.9 Å². The van der Waals surface area contributed by atoms with E-state index in [4.69, 9.17) is 11.6 Å². The molecule has 1 atom stereocenters. The highest BCUT2D eigenvalue weighted by molar-refractivity contribution is 6.30. The molecule has 3 rings (SSSR count). The Hall–Kier alpha value is -2.66. The van der Waals surface area contributed by atoms with Crippen LogP contribution in [-0.2, 0) is 16.1 Å². The van der Waals surface area contributed by atoms with E-state index < -0.39 is 23.1 Å². The lowest BCUT2D eigenvalue weighted by atomic mass is 9.82. The summed E-state index contributed by atoms with van der Waals surface area (Å²) in [6.07, 6.45) is 3.31. The second-order valence-electron chi connectivity index (χ2n) is 7.59. The van der Waals surface area contributed by atoms with Gasteiger partial charge in [-0.05, 0) is 29.3 Å². The number of aliphatic hydroxyl groups excluding tert-OH is 1. The van der Waals surface area contributed by atoms with Crippen LogP contribution in [0.1, 0.15) is 37.9 Å². The zero-order valence-corrected chi connectivity index (χ0v) is 16.2. The van der Waals surface area contributed by atoms with Crippen molar-refractivity contribution in [3.05, 3.63) is 76.3 Å². The fourth-order valence-electron chi connectivity index (χ4n) is 3.13. The number of carbonyl (C=O) groups excluding carboxylic acids is 2. The first-order chi connectivity index (χ1) is 12.7. The molecule has 0 saturated carbocycles. The van der Waals surface area contributed by atoms with Gasteiger partial charge in [-0.15, -0.1) is 0 Å². The minimum atomic E-state index is -0.738. The van der Waals surface area contributed by atoms with Gasteiger partial charge in [0.25, 0.3) is 5.91 Å². The second kappa shape index (κ2) is 7.16. The molecule has 2 aromatic rings. The predicted molar refractivity (Wildman–Crippen MR) is 103 cm³/mol. The molecule has 0 radical (unpaired) electrons. The zero-order chi connectivity index (χ0) is 19.8. The van der Waals surface area contributed by atoms with Gasteiger partial charge in [-0.25, -0.2) is 0 Å². The fourth-order valence-corrected chi connectivity index (χ4v) is 3.26. The summed E-state index contributed by atoms with van der Waals surface area (Å²) in [5.41, 5.74) is 0.910. The van der Waals surface area contributed by atoms with Crippen LogP contribution in [0.25, 0.3) is 0 Å². The predicted octanol–water partition coefficient (Wildman–Crippen LogP) is 4.25. The Morgan fingerprint density at radius 3 is 2.44 bits per heavy atom. The highest BCUT2D eigenvalue weighted by Crippen LogP contribution is 2.41. The van der Waals surface area contributed by atoms with E-state index in [1.54, 1.807) is 63.5 Å². The number of hydrogen-bond acceptors (Lipinski definition) is 4. The van der Waals surface area contributed by atoms with Crippen molar-refractivity contribution in [1.82, 2.24) is 9.88 Å². The topological polar surface area (TPSA) is 70.5 Å². The summed E-state index contributed by atoms with van der Waals surface area (Å²) in [5.74, 6) is -1.31. The number of nitrogens with zero attached hydrogens (tertiary/aromatic N) is 2. The lowest BCUT2D eigenvalue weighted by molar-refractivity contribution is -0.130. The molecule has 5 nitrogen and oxygen atoms in total. The normalized spacial score (nSPS) is 17.6. The van der Waals surface area contributed by atoms with Crippen LogP contribution in [0.5, 0.6) is 0 Å². The summed E-state index contributed by atoms with van der Waals surface area (Å²) in [4.78, 5) is 31.4. The van der Waals surface area contributed by atoms with Gasteiger partial charge in [-0.3, -0.25) is 14.6 Å². The zero-order valence-electron chi connectivity index (χ0n) is 15.4. The fraction of sp³-hybridized carbons (Fsp3) is 0.286. The molecule has 140 valence electrons. The Bertz CT molecular complexity index is 899. The van der Waals surface area contributed by atoms with E-state index in [1.165, 1.54) is 4.90 Å². The lowest BCUT2D eigenvalue weighted by Gasteiger charge is -2.29. The highest BCUT2D eigenvalue weighted by atomic mass is 35.5. The van der Waals surface area contributed by atoms with Crippen LogP contribution in [0.2, 0.25) is 5.02 Å². The van der Waals surface area contributed by atoms with Gasteiger partial charge in [-0.2, -0.15) is 0 Å². The molecule has 0 saturated heterocycles. The first-order valence-corrected chi connectivity index (χ1v) is 9.01. The number of hydrogen-bond donors (Lipinski definition) is 1. The maximum Gasteiger partial charge on any atom is 0.290 e. The Morgan fingerprint density at radius 2 is 1.89 bits per heavy atom. The van der Waals surface area contributed by atoms with Crippen molar-refractivity contribution in [2.45, 2.75) is 33.4 Å². The first kappa shape index (κ1) is 19.1. The highest BCUT2D eigenvalue weighted by Gasteiger charge is 2.45. The van der Waals surface area contributed by atoms with Gasteiger partial charge in [0.1, 0.15) is 0 Å². The van der Waals surface area contributed by atoms with E-state index in [2.05, 4.69) is 4.98 Å². The van der Waals surface area contributed by atoms with Gasteiger partial charge in [-0.1, -0.05) is 50.6 Å². The summed E-state index contributed by atoms with van der Waals surface area (Å²) < 4.78 is 0. The Morgan fingerprint density at radius 1 is 1.22 bits per heavy atom. The molecule has 0 aliphatic carbocycles. The maximum atomic E-state index is 13.0. The molecule has 2 heterocycles. The number of ketones is 1. The molecule has 1 unspecified atom stereocenters. The third-order valence-electron chi connectivity index (χ3n) is 4.49. The molecular formula is C21H21ClN2O3. The minimum absolute atomic E-state index is 0.124. The molecular weight excluding hydrogens is 364 g/mol. The van der Waals surface area contributed by atoms with Gasteiger partial charge in [0.2, 0.25) is 0 Å². The molecule has 0 bridgehead atoms. The quantitative estimate of drug-likeness (QED) is 0.855. The average molecular weight is 385 g/mol. The molecule has 1 aromatic heterocycles. The third kappa shape index (κ3) is 3.74. The SMILES string of the molecule is CC(C)(C)C(=O)C1=C(O)C(=O)N(Cc2cccnc2)C1c1ccc(Cl)cc1. The van der Waals surface area contributed by atoms with E-state index in [0.717, 1.165) is 5.56 Å². The minimum Gasteiger partial charge on any atom is -0.503 e. The van der Waals surface area contributed by atoms with Crippen LogP contribution < -0.4 is 0 Å². The maximum absolute atomic E-state index is 13.0. The van der Waals surface area contributed by atoms with Crippen molar-refractivity contribution in [2.24, 2.45) is 5.41 Å². The first-order valence-electron chi connectivity index (χ1n) is 8.63. The molecule has 0 spiro atoms. The molecule has 27 heavy (non-hydrogen) atoms. The monoisotopic (exact) mass is 384 g/mol. The Kier molecular flexibility index (Phi) is 5.07. The van der Waals surface area contributed by atoms with Crippen molar-refractivity contribution in [3.63, 3.8) is 0 Å². The molecule has 1 amide bonds. The van der Waals surface area contributed by atoms with Crippen LogP contribution in [0.4, 0.5) is 0 Å². The van der Waals surface area contributed by atoms with Gasteiger partial charge in [0.15, 0.2) is 11.5 Å². The average Bonchev–Trinajstić information content (AvgIpc) is 2.87. The Labute approximate surface area is 163 Å². The number of carbonyl (C=O) groups is 2. The molecule has 0 fully saturated rings. The van der Waals surface area contributed by atoms with E-state index in [9.17, 15) is 14.7 Å². The van der Waals surface area contributed by atoms with Crippen LogP contribution >= 0.6 is 11.6 Å². The summed E-state index contributed by atoms with van der Waals surface area (Å²) >= 11 is 6.00. The van der Waals surface area contributed by atoms with Crippen molar-refractivity contribution < 1.29 is 14.7 Å². The molecule has 1 aliphatic heterocycles.